The molecule has 1 fully saturated rings. The van der Waals surface area contributed by atoms with Gasteiger partial charge in [-0.25, -0.2) is 4.98 Å². The molecule has 0 aliphatic heterocycles. The first-order valence-electron chi connectivity index (χ1n) is 11.3. The van der Waals surface area contributed by atoms with E-state index in [2.05, 4.69) is 5.32 Å². The number of rotatable bonds is 6. The summed E-state index contributed by atoms with van der Waals surface area (Å²) in [6, 6.07) is 25.3. The minimum atomic E-state index is -1.30. The Kier molecular flexibility index (Phi) is 6.13. The molecule has 1 unspecified atom stereocenters. The minimum absolute atomic E-state index is 0.00130. The number of aromatic nitrogens is 2. The maximum absolute atomic E-state index is 13.9. The van der Waals surface area contributed by atoms with Crippen LogP contribution >= 0.6 is 23.2 Å². The average molecular weight is 478 g/mol. The molecule has 1 N–H and O–H groups in total. The molecule has 1 aromatic heterocycles. The fourth-order valence-electron chi connectivity index (χ4n) is 4.83. The first kappa shape index (κ1) is 22.0. The maximum atomic E-state index is 13.9. The molecule has 1 atom stereocenters. The molecule has 0 spiro atoms. The number of imidazole rings is 1. The topological polar surface area (TPSA) is 46.9 Å². The average Bonchev–Trinajstić information content (AvgIpc) is 3.52. The van der Waals surface area contributed by atoms with Crippen molar-refractivity contribution in [3.05, 3.63) is 89.4 Å². The number of alkyl halides is 1. The summed E-state index contributed by atoms with van der Waals surface area (Å²) in [5, 5.41) is 3.76. The highest BCUT2D eigenvalue weighted by Crippen LogP contribution is 2.46. The molecule has 0 saturated heterocycles. The van der Waals surface area contributed by atoms with Crippen molar-refractivity contribution < 1.29 is 4.79 Å². The van der Waals surface area contributed by atoms with E-state index in [0.717, 1.165) is 47.8 Å². The molecule has 1 aliphatic carbocycles. The van der Waals surface area contributed by atoms with Gasteiger partial charge in [-0.05, 0) is 54.8 Å². The van der Waals surface area contributed by atoms with E-state index in [1.54, 1.807) is 0 Å². The van der Waals surface area contributed by atoms with Gasteiger partial charge in [0.2, 0.25) is 5.00 Å². The van der Waals surface area contributed by atoms with E-state index in [4.69, 9.17) is 28.2 Å². The van der Waals surface area contributed by atoms with Crippen LogP contribution in [0.4, 0.5) is 0 Å². The first-order valence-corrected chi connectivity index (χ1v) is 12.1. The third-order valence-corrected chi connectivity index (χ3v) is 7.40. The summed E-state index contributed by atoms with van der Waals surface area (Å²) < 4.78 is 1.95. The van der Waals surface area contributed by atoms with Crippen LogP contribution in [-0.4, -0.2) is 15.5 Å². The molecule has 1 heterocycles. The van der Waals surface area contributed by atoms with E-state index >= 15 is 0 Å². The summed E-state index contributed by atoms with van der Waals surface area (Å²) in [5.41, 5.74) is 3.56. The van der Waals surface area contributed by atoms with Crippen molar-refractivity contribution in [3.8, 4) is 11.4 Å². The van der Waals surface area contributed by atoms with Crippen molar-refractivity contribution in [3.63, 3.8) is 0 Å². The number of carbonyl (C=O) groups is 1. The van der Waals surface area contributed by atoms with Crippen molar-refractivity contribution >= 4 is 40.1 Å². The van der Waals surface area contributed by atoms with E-state index in [9.17, 15) is 4.79 Å². The lowest BCUT2D eigenvalue weighted by Crippen LogP contribution is -2.49. The van der Waals surface area contributed by atoms with Crippen molar-refractivity contribution in [1.82, 2.24) is 14.9 Å². The third kappa shape index (κ3) is 4.14. The van der Waals surface area contributed by atoms with Gasteiger partial charge in [-0.2, -0.15) is 0 Å². The van der Waals surface area contributed by atoms with Gasteiger partial charge in [-0.1, -0.05) is 78.5 Å². The van der Waals surface area contributed by atoms with Crippen LogP contribution in [0, 0.1) is 5.92 Å². The van der Waals surface area contributed by atoms with Crippen LogP contribution in [0.5, 0.6) is 0 Å². The molecular formula is C27H25Cl2N3O. The molecule has 1 amide bonds. The largest absolute Gasteiger partial charge is 0.349 e. The van der Waals surface area contributed by atoms with E-state index in [-0.39, 0.29) is 11.8 Å². The molecule has 1 aliphatic rings. The summed E-state index contributed by atoms with van der Waals surface area (Å²) in [5.74, 6) is 0.474. The van der Waals surface area contributed by atoms with Gasteiger partial charge in [0, 0.05) is 23.0 Å². The quantitative estimate of drug-likeness (QED) is 0.312. The first-order chi connectivity index (χ1) is 16.1. The summed E-state index contributed by atoms with van der Waals surface area (Å²) in [4.78, 5) is 17.5. The fourth-order valence-corrected chi connectivity index (χ4v) is 5.41. The highest BCUT2D eigenvalue weighted by Gasteiger charge is 2.48. The van der Waals surface area contributed by atoms with Crippen molar-refractivity contribution in [2.45, 2.75) is 37.2 Å². The number of benzene rings is 3. The van der Waals surface area contributed by atoms with Gasteiger partial charge in [-0.15, -0.1) is 0 Å². The standard InChI is InChI=1S/C27H25Cl2N3O/c28-22-16-14-20(15-17-22)25-31-23-12-6-7-13-24(23)32(25)27(29,21-10-4-5-11-21)26(33)30-18-19-8-2-1-3-9-19/h1-3,6-9,12-17,21H,4-5,10-11,18H2,(H,30,33). The zero-order chi connectivity index (χ0) is 22.8. The number of hydrogen-bond acceptors (Lipinski definition) is 2. The third-order valence-electron chi connectivity index (χ3n) is 6.50. The van der Waals surface area contributed by atoms with Crippen LogP contribution in [0.3, 0.4) is 0 Å². The Labute approximate surface area is 203 Å². The Bertz CT molecular complexity index is 1260. The predicted molar refractivity (Wildman–Crippen MR) is 134 cm³/mol. The van der Waals surface area contributed by atoms with E-state index in [1.807, 2.05) is 83.4 Å². The second kappa shape index (κ2) is 9.20. The molecular weight excluding hydrogens is 453 g/mol. The number of carbonyl (C=O) groups excluding carboxylic acids is 1. The molecule has 4 nitrogen and oxygen atoms in total. The van der Waals surface area contributed by atoms with Crippen molar-refractivity contribution in [2.24, 2.45) is 5.92 Å². The number of para-hydroxylation sites is 2. The van der Waals surface area contributed by atoms with Crippen LogP contribution in [0.25, 0.3) is 22.4 Å². The zero-order valence-electron chi connectivity index (χ0n) is 18.2. The number of nitrogens with zero attached hydrogens (tertiary/aromatic N) is 2. The highest BCUT2D eigenvalue weighted by atomic mass is 35.5. The molecule has 5 rings (SSSR count). The lowest BCUT2D eigenvalue weighted by Gasteiger charge is -2.35. The summed E-state index contributed by atoms with van der Waals surface area (Å²) in [6.45, 7) is 0.420. The number of fused-ring (bicyclic) bond motifs is 1. The molecule has 6 heteroatoms. The molecule has 4 aromatic rings. The Balaban J connectivity index is 1.64. The van der Waals surface area contributed by atoms with Gasteiger partial charge in [0.25, 0.3) is 5.91 Å². The second-order valence-corrected chi connectivity index (χ2v) is 9.60. The predicted octanol–water partition coefficient (Wildman–Crippen LogP) is 6.75. The van der Waals surface area contributed by atoms with Gasteiger partial charge < -0.3 is 5.32 Å². The van der Waals surface area contributed by atoms with Crippen LogP contribution in [0.1, 0.15) is 31.2 Å². The summed E-state index contributed by atoms with van der Waals surface area (Å²) >= 11 is 13.6. The Hall–Kier alpha value is -2.82. The van der Waals surface area contributed by atoms with Crippen LogP contribution in [-0.2, 0) is 16.3 Å². The zero-order valence-corrected chi connectivity index (χ0v) is 19.7. The van der Waals surface area contributed by atoms with Crippen LogP contribution < -0.4 is 5.32 Å². The minimum Gasteiger partial charge on any atom is -0.349 e. The Morgan fingerprint density at radius 3 is 2.36 bits per heavy atom. The van der Waals surface area contributed by atoms with Crippen molar-refractivity contribution in [2.75, 3.05) is 0 Å². The lowest BCUT2D eigenvalue weighted by atomic mass is 9.95. The monoisotopic (exact) mass is 477 g/mol. The van der Waals surface area contributed by atoms with E-state index in [1.165, 1.54) is 0 Å². The van der Waals surface area contributed by atoms with E-state index < -0.39 is 5.00 Å². The van der Waals surface area contributed by atoms with Gasteiger partial charge in [0.1, 0.15) is 5.82 Å². The smallest absolute Gasteiger partial charge is 0.262 e. The fraction of sp³-hybridized carbons (Fsp3) is 0.259. The molecule has 3 aromatic carbocycles. The van der Waals surface area contributed by atoms with Gasteiger partial charge in [0.15, 0.2) is 0 Å². The van der Waals surface area contributed by atoms with E-state index in [0.29, 0.717) is 17.4 Å². The lowest BCUT2D eigenvalue weighted by molar-refractivity contribution is -0.128. The van der Waals surface area contributed by atoms with Crippen LogP contribution in [0.15, 0.2) is 78.9 Å². The molecule has 0 bridgehead atoms. The number of halogens is 2. The summed E-state index contributed by atoms with van der Waals surface area (Å²) in [7, 11) is 0. The van der Waals surface area contributed by atoms with Gasteiger partial charge >= 0.3 is 0 Å². The molecule has 0 radical (unpaired) electrons. The Morgan fingerprint density at radius 2 is 1.64 bits per heavy atom. The number of nitrogens with one attached hydrogen (secondary N) is 1. The highest BCUT2D eigenvalue weighted by molar-refractivity contribution is 6.33. The van der Waals surface area contributed by atoms with Crippen LogP contribution in [0.2, 0.25) is 5.02 Å². The number of hydrogen-bond donors (Lipinski definition) is 1. The normalized spacial score (nSPS) is 16.1. The molecule has 33 heavy (non-hydrogen) atoms. The number of amides is 1. The second-order valence-electron chi connectivity index (χ2n) is 8.59. The SMILES string of the molecule is O=C(NCc1ccccc1)C(Cl)(C1CCCC1)n1c(-c2ccc(Cl)cc2)nc2ccccc21. The Morgan fingerprint density at radius 1 is 0.970 bits per heavy atom. The van der Waals surface area contributed by atoms with Gasteiger partial charge in [-0.3, -0.25) is 9.36 Å². The molecule has 168 valence electrons. The van der Waals surface area contributed by atoms with Crippen molar-refractivity contribution in [1.29, 1.82) is 0 Å². The molecule has 1 saturated carbocycles. The maximum Gasteiger partial charge on any atom is 0.262 e. The van der Waals surface area contributed by atoms with Gasteiger partial charge in [0.05, 0.1) is 11.0 Å². The summed E-state index contributed by atoms with van der Waals surface area (Å²) in [6.07, 6.45) is 3.92.